The van der Waals surface area contributed by atoms with E-state index >= 15 is 0 Å². The number of piperidine rings is 1. The Morgan fingerprint density at radius 3 is 2.50 bits per heavy atom. The quantitative estimate of drug-likeness (QED) is 0.861. The molecule has 2 heterocycles. The highest BCUT2D eigenvalue weighted by atomic mass is 16.5. The molecule has 2 aliphatic rings. The number of methoxy groups -OCH3 is 1. The third-order valence-corrected chi connectivity index (χ3v) is 6.14. The molecule has 4 rings (SSSR count). The number of aliphatic hydroxyl groups is 1. The van der Waals surface area contributed by atoms with Crippen molar-refractivity contribution in [1.29, 1.82) is 0 Å². The van der Waals surface area contributed by atoms with Gasteiger partial charge in [-0.05, 0) is 18.1 Å². The van der Waals surface area contributed by atoms with Gasteiger partial charge in [-0.2, -0.15) is 0 Å². The first kappa shape index (κ1) is 19.4. The molecule has 1 N–H and O–H groups in total. The normalized spacial score (nSPS) is 26.9. The Morgan fingerprint density at radius 1 is 1.04 bits per heavy atom. The van der Waals surface area contributed by atoms with Gasteiger partial charge >= 0.3 is 0 Å². The van der Waals surface area contributed by atoms with E-state index < -0.39 is 5.60 Å². The first-order valence-electron chi connectivity index (χ1n) is 10.1. The highest BCUT2D eigenvalue weighted by molar-refractivity contribution is 5.33. The highest BCUT2D eigenvalue weighted by Gasteiger charge is 2.46. The molecule has 2 aliphatic heterocycles. The lowest BCUT2D eigenvalue weighted by Crippen LogP contribution is -2.62. The molecule has 0 saturated carbocycles. The lowest BCUT2D eigenvalue weighted by molar-refractivity contribution is -0.119. The molecule has 2 aromatic rings. The van der Waals surface area contributed by atoms with E-state index in [0.29, 0.717) is 6.42 Å². The summed E-state index contributed by atoms with van der Waals surface area (Å²) in [7, 11) is 1.72. The Morgan fingerprint density at radius 2 is 1.75 bits per heavy atom. The molecule has 0 aliphatic carbocycles. The fourth-order valence-electron chi connectivity index (χ4n) is 4.57. The van der Waals surface area contributed by atoms with Crippen molar-refractivity contribution in [2.75, 3.05) is 46.5 Å². The lowest BCUT2D eigenvalue weighted by atomic mass is 9.79. The Kier molecular flexibility index (Phi) is 5.97. The van der Waals surface area contributed by atoms with Crippen molar-refractivity contribution >= 4 is 0 Å². The number of ether oxygens (including phenoxy) is 2. The summed E-state index contributed by atoms with van der Waals surface area (Å²) in [6.45, 7) is 5.69. The first-order valence-corrected chi connectivity index (χ1v) is 10.1. The van der Waals surface area contributed by atoms with Gasteiger partial charge in [-0.3, -0.25) is 9.80 Å². The second-order valence-corrected chi connectivity index (χ2v) is 7.75. The monoisotopic (exact) mass is 382 g/mol. The number of para-hydroxylation sites is 1. The van der Waals surface area contributed by atoms with Gasteiger partial charge in [0.1, 0.15) is 11.4 Å². The molecule has 5 nitrogen and oxygen atoms in total. The number of likely N-dealkylation sites (tertiary alicyclic amines) is 1. The molecule has 0 bridgehead atoms. The van der Waals surface area contributed by atoms with Crippen molar-refractivity contribution in [3.05, 3.63) is 65.7 Å². The van der Waals surface area contributed by atoms with Crippen LogP contribution in [0.5, 0.6) is 5.75 Å². The zero-order valence-corrected chi connectivity index (χ0v) is 16.6. The van der Waals surface area contributed by atoms with Crippen LogP contribution in [0.2, 0.25) is 0 Å². The van der Waals surface area contributed by atoms with E-state index in [2.05, 4.69) is 34.1 Å². The van der Waals surface area contributed by atoms with Crippen LogP contribution >= 0.6 is 0 Å². The topological polar surface area (TPSA) is 45.2 Å². The van der Waals surface area contributed by atoms with E-state index in [1.54, 1.807) is 7.11 Å². The van der Waals surface area contributed by atoms with Gasteiger partial charge in [0.25, 0.3) is 0 Å². The Bertz CT molecular complexity index is 763. The largest absolute Gasteiger partial charge is 0.496 e. The van der Waals surface area contributed by atoms with Gasteiger partial charge in [0.2, 0.25) is 0 Å². The molecule has 28 heavy (non-hydrogen) atoms. The van der Waals surface area contributed by atoms with Crippen LogP contribution in [0.25, 0.3) is 0 Å². The minimum atomic E-state index is -0.837. The second-order valence-electron chi connectivity index (χ2n) is 7.75. The highest BCUT2D eigenvalue weighted by Crippen LogP contribution is 2.37. The molecule has 2 aromatic carbocycles. The standard InChI is InChI=1S/C23H30N2O3/c1-27-21-10-6-5-7-19(21)17-24-12-11-23(26,20-8-3-2-4-9-20)22(18-24)25-13-15-28-16-14-25/h2-10,22,26H,11-18H2,1H3/t22-,23+/m1/s1. The van der Waals surface area contributed by atoms with E-state index in [0.717, 1.165) is 57.3 Å². The van der Waals surface area contributed by atoms with Crippen LogP contribution in [0.15, 0.2) is 54.6 Å². The fourth-order valence-corrected chi connectivity index (χ4v) is 4.57. The summed E-state index contributed by atoms with van der Waals surface area (Å²) in [6, 6.07) is 18.4. The van der Waals surface area contributed by atoms with Crippen molar-refractivity contribution < 1.29 is 14.6 Å². The number of nitrogens with zero attached hydrogens (tertiary/aromatic N) is 2. The van der Waals surface area contributed by atoms with Gasteiger partial charge in [0.05, 0.1) is 26.4 Å². The molecule has 5 heteroatoms. The molecule has 150 valence electrons. The smallest absolute Gasteiger partial charge is 0.123 e. The van der Waals surface area contributed by atoms with Crippen LogP contribution in [0, 0.1) is 0 Å². The van der Waals surface area contributed by atoms with Crippen LogP contribution in [0.3, 0.4) is 0 Å². The Labute approximate surface area is 167 Å². The number of hydrogen-bond acceptors (Lipinski definition) is 5. The zero-order valence-electron chi connectivity index (χ0n) is 16.6. The van der Waals surface area contributed by atoms with Crippen LogP contribution in [0.4, 0.5) is 0 Å². The van der Waals surface area contributed by atoms with Crippen LogP contribution in [-0.2, 0) is 16.9 Å². The van der Waals surface area contributed by atoms with E-state index in [-0.39, 0.29) is 6.04 Å². The number of rotatable bonds is 5. The maximum atomic E-state index is 11.8. The van der Waals surface area contributed by atoms with E-state index in [1.807, 2.05) is 30.3 Å². The summed E-state index contributed by atoms with van der Waals surface area (Å²) in [4.78, 5) is 4.85. The molecular formula is C23H30N2O3. The molecule has 2 saturated heterocycles. The summed E-state index contributed by atoms with van der Waals surface area (Å²) >= 11 is 0. The summed E-state index contributed by atoms with van der Waals surface area (Å²) < 4.78 is 11.1. The average molecular weight is 383 g/mol. The molecular weight excluding hydrogens is 352 g/mol. The molecule has 0 unspecified atom stereocenters. The predicted octanol–water partition coefficient (Wildman–Crippen LogP) is 2.49. The summed E-state index contributed by atoms with van der Waals surface area (Å²) in [5, 5.41) is 11.8. The van der Waals surface area contributed by atoms with Crippen LogP contribution in [0.1, 0.15) is 17.5 Å². The van der Waals surface area contributed by atoms with Crippen molar-refractivity contribution in [1.82, 2.24) is 9.80 Å². The maximum Gasteiger partial charge on any atom is 0.123 e. The zero-order chi connectivity index (χ0) is 19.4. The average Bonchev–Trinajstić information content (AvgIpc) is 2.77. The van der Waals surface area contributed by atoms with Gasteiger partial charge in [0.15, 0.2) is 0 Å². The van der Waals surface area contributed by atoms with Crippen molar-refractivity contribution in [3.63, 3.8) is 0 Å². The number of benzene rings is 2. The SMILES string of the molecule is COc1ccccc1CN1CC[C@](O)(c2ccccc2)[C@H](N2CCOCC2)C1. The van der Waals surface area contributed by atoms with E-state index in [9.17, 15) is 5.11 Å². The molecule has 0 radical (unpaired) electrons. The number of morpholine rings is 1. The van der Waals surface area contributed by atoms with Gasteiger partial charge in [-0.15, -0.1) is 0 Å². The van der Waals surface area contributed by atoms with Crippen LogP contribution in [-0.4, -0.2) is 67.5 Å². The molecule has 0 spiro atoms. The minimum Gasteiger partial charge on any atom is -0.496 e. The second kappa shape index (κ2) is 8.62. The van der Waals surface area contributed by atoms with Gasteiger partial charge in [0, 0.05) is 38.3 Å². The van der Waals surface area contributed by atoms with Crippen molar-refractivity contribution in [2.24, 2.45) is 0 Å². The molecule has 2 atom stereocenters. The molecule has 2 fully saturated rings. The summed E-state index contributed by atoms with van der Waals surface area (Å²) in [6.07, 6.45) is 0.716. The van der Waals surface area contributed by atoms with Crippen LogP contribution < -0.4 is 4.74 Å². The van der Waals surface area contributed by atoms with Gasteiger partial charge in [-0.1, -0.05) is 48.5 Å². The first-order chi connectivity index (χ1) is 13.7. The van der Waals surface area contributed by atoms with Crippen molar-refractivity contribution in [2.45, 2.75) is 24.6 Å². The minimum absolute atomic E-state index is 0.0438. The summed E-state index contributed by atoms with van der Waals surface area (Å²) in [5.74, 6) is 0.925. The van der Waals surface area contributed by atoms with Gasteiger partial charge < -0.3 is 14.6 Å². The lowest BCUT2D eigenvalue weighted by Gasteiger charge is -2.50. The van der Waals surface area contributed by atoms with E-state index in [4.69, 9.17) is 9.47 Å². The van der Waals surface area contributed by atoms with Crippen molar-refractivity contribution in [3.8, 4) is 5.75 Å². The third-order valence-electron chi connectivity index (χ3n) is 6.14. The maximum absolute atomic E-state index is 11.8. The summed E-state index contributed by atoms with van der Waals surface area (Å²) in [5.41, 5.74) is 1.37. The van der Waals surface area contributed by atoms with Gasteiger partial charge in [-0.25, -0.2) is 0 Å². The molecule has 0 aromatic heterocycles. The Hall–Kier alpha value is -1.92. The molecule has 0 amide bonds. The fraction of sp³-hybridized carbons (Fsp3) is 0.478. The third kappa shape index (κ3) is 3.94. The number of hydrogen-bond donors (Lipinski definition) is 1. The van der Waals surface area contributed by atoms with E-state index in [1.165, 1.54) is 5.56 Å². The predicted molar refractivity (Wildman–Crippen MR) is 109 cm³/mol. The Balaban J connectivity index is 1.58.